The smallest absolute Gasteiger partial charge is 0.407 e. The van der Waals surface area contributed by atoms with E-state index in [2.05, 4.69) is 9.50 Å². The Morgan fingerprint density at radius 1 is 1.47 bits per heavy atom. The Kier molecular flexibility index (Phi) is 3.31. The average molecular weight is 263 g/mol. The summed E-state index contributed by atoms with van der Waals surface area (Å²) in [5.41, 5.74) is -0.398. The van der Waals surface area contributed by atoms with E-state index in [1.807, 2.05) is 0 Å². The van der Waals surface area contributed by atoms with Crippen LogP contribution in [-0.2, 0) is 19.0 Å². The van der Waals surface area contributed by atoms with Crippen LogP contribution < -0.4 is 5.32 Å². The van der Waals surface area contributed by atoms with Crippen LogP contribution in [0, 0.1) is 5.92 Å². The van der Waals surface area contributed by atoms with Gasteiger partial charge in [-0.15, -0.1) is 0 Å². The lowest BCUT2D eigenvalue weighted by Gasteiger charge is -2.34. The second kappa shape index (κ2) is 4.45. The summed E-state index contributed by atoms with van der Waals surface area (Å²) < 4.78 is 32.3. The van der Waals surface area contributed by atoms with Gasteiger partial charge < -0.3 is 10.1 Å². The van der Waals surface area contributed by atoms with Crippen molar-refractivity contribution in [3.8, 4) is 0 Å². The van der Waals surface area contributed by atoms with Crippen LogP contribution in [0.15, 0.2) is 0 Å². The van der Waals surface area contributed by atoms with Gasteiger partial charge in [0.1, 0.15) is 5.60 Å². The maximum Gasteiger partial charge on any atom is 0.407 e. The van der Waals surface area contributed by atoms with Gasteiger partial charge in [0, 0.05) is 0 Å². The Bertz CT molecular complexity index is 397. The van der Waals surface area contributed by atoms with E-state index in [1.54, 1.807) is 0 Å². The molecule has 1 spiro atoms. The zero-order chi connectivity index (χ0) is 12.5. The molecule has 6 nitrogen and oxygen atoms in total. The van der Waals surface area contributed by atoms with E-state index >= 15 is 0 Å². The summed E-state index contributed by atoms with van der Waals surface area (Å²) in [6, 6.07) is 0. The third-order valence-electron chi connectivity index (χ3n) is 3.57. The zero-order valence-electron chi connectivity index (χ0n) is 9.77. The Morgan fingerprint density at radius 2 is 2.12 bits per heavy atom. The molecule has 0 unspecified atom stereocenters. The van der Waals surface area contributed by atoms with E-state index in [1.165, 1.54) is 7.11 Å². The van der Waals surface area contributed by atoms with Crippen molar-refractivity contribution in [1.82, 2.24) is 5.32 Å². The predicted molar refractivity (Wildman–Crippen MR) is 60.0 cm³/mol. The van der Waals surface area contributed by atoms with Gasteiger partial charge in [-0.1, -0.05) is 0 Å². The van der Waals surface area contributed by atoms with Crippen LogP contribution in [0.3, 0.4) is 0 Å². The van der Waals surface area contributed by atoms with Crippen LogP contribution in [0.5, 0.6) is 0 Å². The molecule has 2 rings (SSSR count). The normalized spacial score (nSPS) is 33.5. The Labute approximate surface area is 101 Å². The summed E-state index contributed by atoms with van der Waals surface area (Å²) in [5.74, 6) is 0.158. The summed E-state index contributed by atoms with van der Waals surface area (Å²) in [5, 5.41) is 2.65. The van der Waals surface area contributed by atoms with Crippen molar-refractivity contribution in [1.29, 1.82) is 0 Å². The fourth-order valence-corrected chi connectivity index (χ4v) is 3.55. The van der Waals surface area contributed by atoms with Gasteiger partial charge in [-0.2, -0.15) is 8.42 Å². The number of amides is 1. The van der Waals surface area contributed by atoms with Crippen molar-refractivity contribution in [2.45, 2.75) is 31.3 Å². The van der Waals surface area contributed by atoms with Gasteiger partial charge in [0.05, 0.1) is 19.4 Å². The minimum Gasteiger partial charge on any atom is -0.441 e. The molecule has 17 heavy (non-hydrogen) atoms. The maximum absolute atomic E-state index is 11.3. The average Bonchev–Trinajstić information content (AvgIpc) is 2.64. The summed E-state index contributed by atoms with van der Waals surface area (Å²) in [7, 11) is -2.21. The minimum atomic E-state index is -3.39. The lowest BCUT2D eigenvalue weighted by atomic mass is 9.79. The van der Waals surface area contributed by atoms with Crippen LogP contribution in [-0.4, -0.2) is 39.5 Å². The molecule has 1 heterocycles. The van der Waals surface area contributed by atoms with Crippen molar-refractivity contribution in [3.63, 3.8) is 0 Å². The van der Waals surface area contributed by atoms with Crippen LogP contribution in [0.4, 0.5) is 4.79 Å². The molecule has 0 atom stereocenters. The van der Waals surface area contributed by atoms with Crippen LogP contribution in [0.25, 0.3) is 0 Å². The Morgan fingerprint density at radius 3 is 2.59 bits per heavy atom. The second-order valence-corrected chi connectivity index (χ2v) is 6.54. The van der Waals surface area contributed by atoms with Gasteiger partial charge in [0.2, 0.25) is 0 Å². The summed E-state index contributed by atoms with van der Waals surface area (Å²) in [6.07, 6.45) is 2.56. The first-order valence-corrected chi connectivity index (χ1v) is 7.28. The van der Waals surface area contributed by atoms with Crippen LogP contribution in [0.1, 0.15) is 25.7 Å². The van der Waals surface area contributed by atoms with Crippen LogP contribution >= 0.6 is 0 Å². The first-order chi connectivity index (χ1) is 7.95. The van der Waals surface area contributed by atoms with Crippen molar-refractivity contribution in [3.05, 3.63) is 0 Å². The number of hydrogen-bond acceptors (Lipinski definition) is 5. The largest absolute Gasteiger partial charge is 0.441 e. The van der Waals surface area contributed by atoms with Crippen molar-refractivity contribution in [2.75, 3.05) is 19.4 Å². The number of carbonyl (C=O) groups is 1. The number of carbonyl (C=O) groups excluding carboxylic acids is 1. The highest BCUT2D eigenvalue weighted by molar-refractivity contribution is 7.86. The molecule has 1 N–H and O–H groups in total. The molecule has 7 heteroatoms. The quantitative estimate of drug-likeness (QED) is 0.755. The molecule has 0 aromatic heterocycles. The SMILES string of the molecule is COS(=O)(=O)CC1CCC2(CC1)CNC(=O)O2. The summed E-state index contributed by atoms with van der Waals surface area (Å²) >= 11 is 0. The molecule has 2 aliphatic rings. The van der Waals surface area contributed by atoms with Gasteiger partial charge in [0.25, 0.3) is 10.1 Å². The van der Waals surface area contributed by atoms with E-state index < -0.39 is 15.7 Å². The van der Waals surface area contributed by atoms with E-state index in [0.717, 1.165) is 25.7 Å². The number of nitrogens with one attached hydrogen (secondary N) is 1. The summed E-state index contributed by atoms with van der Waals surface area (Å²) in [4.78, 5) is 11.0. The second-order valence-electron chi connectivity index (χ2n) is 4.76. The molecule has 2 fully saturated rings. The van der Waals surface area contributed by atoms with Crippen molar-refractivity contribution >= 4 is 16.2 Å². The monoisotopic (exact) mass is 263 g/mol. The Balaban J connectivity index is 1.88. The highest BCUT2D eigenvalue weighted by Crippen LogP contribution is 2.37. The zero-order valence-corrected chi connectivity index (χ0v) is 10.6. The molecule has 98 valence electrons. The molecule has 0 aromatic rings. The standard InChI is InChI=1S/C10H17NO5S/c1-15-17(13,14)6-8-2-4-10(5-3-8)7-11-9(12)16-10/h8H,2-7H2,1H3,(H,11,12). The maximum atomic E-state index is 11.3. The third-order valence-corrected chi connectivity index (χ3v) is 4.96. The number of alkyl carbamates (subject to hydrolysis) is 1. The molecular weight excluding hydrogens is 246 g/mol. The fourth-order valence-electron chi connectivity index (χ4n) is 2.51. The van der Waals surface area contributed by atoms with E-state index in [0.29, 0.717) is 6.54 Å². The Hall–Kier alpha value is -0.820. The highest BCUT2D eigenvalue weighted by Gasteiger charge is 2.43. The molecule has 1 saturated heterocycles. The first-order valence-electron chi connectivity index (χ1n) is 5.70. The molecular formula is C10H17NO5S. The molecule has 1 amide bonds. The lowest BCUT2D eigenvalue weighted by Crippen LogP contribution is -2.39. The number of hydrogen-bond donors (Lipinski definition) is 1. The van der Waals surface area contributed by atoms with E-state index in [4.69, 9.17) is 4.74 Å². The highest BCUT2D eigenvalue weighted by atomic mass is 32.2. The molecule has 0 bridgehead atoms. The van der Waals surface area contributed by atoms with Crippen molar-refractivity contribution in [2.24, 2.45) is 5.92 Å². The van der Waals surface area contributed by atoms with Gasteiger partial charge in [-0.3, -0.25) is 4.18 Å². The molecule has 0 aromatic carbocycles. The fraction of sp³-hybridized carbons (Fsp3) is 0.900. The number of ether oxygens (including phenoxy) is 1. The predicted octanol–water partition coefficient (Wildman–Crippen LogP) is 0.631. The third kappa shape index (κ3) is 2.90. The van der Waals surface area contributed by atoms with E-state index in [-0.39, 0.29) is 17.8 Å². The van der Waals surface area contributed by atoms with Crippen LogP contribution in [0.2, 0.25) is 0 Å². The topological polar surface area (TPSA) is 81.7 Å². The first kappa shape index (κ1) is 12.6. The van der Waals surface area contributed by atoms with Gasteiger partial charge >= 0.3 is 6.09 Å². The molecule has 1 aliphatic heterocycles. The molecule has 1 saturated carbocycles. The number of rotatable bonds is 3. The van der Waals surface area contributed by atoms with E-state index in [9.17, 15) is 13.2 Å². The minimum absolute atomic E-state index is 0.0565. The molecule has 1 aliphatic carbocycles. The lowest BCUT2D eigenvalue weighted by molar-refractivity contribution is 0.0155. The molecule has 0 radical (unpaired) electrons. The van der Waals surface area contributed by atoms with Crippen molar-refractivity contribution < 1.29 is 22.1 Å². The van der Waals surface area contributed by atoms with Gasteiger partial charge in [0.15, 0.2) is 0 Å². The van der Waals surface area contributed by atoms with Gasteiger partial charge in [-0.25, -0.2) is 4.79 Å². The summed E-state index contributed by atoms with van der Waals surface area (Å²) in [6.45, 7) is 0.537. The van der Waals surface area contributed by atoms with Gasteiger partial charge in [-0.05, 0) is 31.6 Å².